The number of halogens is 3. The van der Waals surface area contributed by atoms with Crippen LogP contribution in [-0.4, -0.2) is 64.5 Å². The quantitative estimate of drug-likeness (QED) is 0.181. The van der Waals surface area contributed by atoms with E-state index in [-0.39, 0.29) is 0 Å². The van der Waals surface area contributed by atoms with Gasteiger partial charge in [0.15, 0.2) is 0 Å². The van der Waals surface area contributed by atoms with Crippen molar-refractivity contribution >= 4 is 56.6 Å². The molecule has 3 N–H and O–H groups in total. The number of rotatable bonds is 7. The fourth-order valence-electron chi connectivity index (χ4n) is 5.52. The predicted octanol–water partition coefficient (Wildman–Crippen LogP) is 6.89. The lowest BCUT2D eigenvalue weighted by atomic mass is 9.94. The number of benzene rings is 2. The van der Waals surface area contributed by atoms with Gasteiger partial charge in [-0.25, -0.2) is 0 Å². The second-order valence-electron chi connectivity index (χ2n) is 10.0. The number of aromatic amines is 2. The first kappa shape index (κ1) is 26.7. The van der Waals surface area contributed by atoms with Crippen LogP contribution in [0, 0.1) is 0 Å². The van der Waals surface area contributed by atoms with Crippen LogP contribution in [0.2, 0.25) is 15.1 Å². The Morgan fingerprint density at radius 1 is 0.923 bits per heavy atom. The van der Waals surface area contributed by atoms with E-state index in [4.69, 9.17) is 44.3 Å². The maximum Gasteiger partial charge on any atom is 0.205 e. The molecule has 0 radical (unpaired) electrons. The lowest BCUT2D eigenvalue weighted by Gasteiger charge is -2.29. The van der Waals surface area contributed by atoms with E-state index >= 15 is 0 Å². The molecule has 1 unspecified atom stereocenters. The smallest absolute Gasteiger partial charge is 0.205 e. The Labute approximate surface area is 241 Å². The van der Waals surface area contributed by atoms with Crippen molar-refractivity contribution in [2.24, 2.45) is 0 Å². The van der Waals surface area contributed by atoms with E-state index in [0.29, 0.717) is 27.3 Å². The van der Waals surface area contributed by atoms with Gasteiger partial charge in [-0.05, 0) is 37.3 Å². The van der Waals surface area contributed by atoms with Crippen molar-refractivity contribution in [3.05, 3.63) is 69.7 Å². The summed E-state index contributed by atoms with van der Waals surface area (Å²) >= 11 is 19.2. The van der Waals surface area contributed by atoms with Crippen molar-refractivity contribution in [2.75, 3.05) is 40.0 Å². The van der Waals surface area contributed by atoms with Crippen molar-refractivity contribution < 1.29 is 14.6 Å². The summed E-state index contributed by atoms with van der Waals surface area (Å²) in [5, 5.41) is 15.1. The summed E-state index contributed by atoms with van der Waals surface area (Å²) in [5.74, 6) is -1.58. The number of ether oxygens (including phenoxy) is 2. The summed E-state index contributed by atoms with van der Waals surface area (Å²) in [6.07, 6.45) is 6.00. The van der Waals surface area contributed by atoms with Gasteiger partial charge in [-0.3, -0.25) is 4.90 Å². The molecule has 5 aromatic rings. The van der Waals surface area contributed by atoms with E-state index in [1.54, 1.807) is 6.92 Å². The third kappa shape index (κ3) is 4.87. The van der Waals surface area contributed by atoms with Crippen LogP contribution >= 0.6 is 34.8 Å². The van der Waals surface area contributed by atoms with Gasteiger partial charge in [0.2, 0.25) is 5.79 Å². The van der Waals surface area contributed by atoms with Crippen LogP contribution in [-0.2, 0) is 21.8 Å². The van der Waals surface area contributed by atoms with Crippen LogP contribution in [0.25, 0.3) is 44.1 Å². The number of hydrogen-bond donors (Lipinski definition) is 3. The molecule has 204 valence electrons. The summed E-state index contributed by atoms with van der Waals surface area (Å²) in [6.45, 7) is 6.33. The maximum absolute atomic E-state index is 11.7. The van der Waals surface area contributed by atoms with Crippen molar-refractivity contribution in [3.8, 4) is 22.3 Å². The molecule has 39 heavy (non-hydrogen) atoms. The highest BCUT2D eigenvalue weighted by Gasteiger charge is 2.34. The number of aromatic nitrogens is 3. The summed E-state index contributed by atoms with van der Waals surface area (Å²) in [7, 11) is 1.52. The second-order valence-corrected chi connectivity index (χ2v) is 11.3. The molecule has 0 amide bonds. The Kier molecular flexibility index (Phi) is 7.18. The lowest BCUT2D eigenvalue weighted by Crippen LogP contribution is -2.38. The molecule has 10 heteroatoms. The van der Waals surface area contributed by atoms with Gasteiger partial charge in [-0.15, -0.1) is 0 Å². The predicted molar refractivity (Wildman–Crippen MR) is 158 cm³/mol. The Balaban J connectivity index is 1.61. The molecule has 1 fully saturated rings. The highest BCUT2D eigenvalue weighted by atomic mass is 35.5. The first-order chi connectivity index (χ1) is 18.8. The number of fused-ring (bicyclic) bond motifs is 2. The number of morpholine rings is 1. The number of methoxy groups -OCH3 is 1. The number of hydrogen-bond acceptors (Lipinski definition) is 4. The minimum Gasteiger partial charge on any atom is -0.379 e. The van der Waals surface area contributed by atoms with Gasteiger partial charge in [0.25, 0.3) is 0 Å². The standard InChI is InChI=1S/C29H29Cl3N4O3/c1-29(37,38-2)28-27(21-15-33-25-4-3-17(30)11-18(21)25)22(16-36(28)6-5-35-7-9-39-10-8-35)20-14-34-26-13-24(32)23(31)12-19(20)26/h3-4,11-16,33-34,37H,5-10H2,1-2H3. The molecule has 1 aliphatic heterocycles. The molecule has 0 aliphatic carbocycles. The largest absolute Gasteiger partial charge is 0.379 e. The molecule has 2 aromatic carbocycles. The van der Waals surface area contributed by atoms with Gasteiger partial charge in [0.1, 0.15) is 0 Å². The molecule has 1 aliphatic rings. The SMILES string of the molecule is COC(C)(O)c1c(-c2c[nH]c3ccc(Cl)cc23)c(-c2c[nH]c3cc(Cl)c(Cl)cc23)cn1CCN1CCOCC1. The molecule has 4 heterocycles. The molecule has 7 nitrogen and oxygen atoms in total. The molecule has 1 saturated heterocycles. The van der Waals surface area contributed by atoms with Gasteiger partial charge >= 0.3 is 0 Å². The van der Waals surface area contributed by atoms with Crippen LogP contribution in [0.1, 0.15) is 12.6 Å². The van der Waals surface area contributed by atoms with E-state index in [1.165, 1.54) is 7.11 Å². The summed E-state index contributed by atoms with van der Waals surface area (Å²) in [5.41, 5.74) is 6.09. The van der Waals surface area contributed by atoms with E-state index in [9.17, 15) is 5.11 Å². The zero-order valence-corrected chi connectivity index (χ0v) is 23.9. The first-order valence-electron chi connectivity index (χ1n) is 12.8. The van der Waals surface area contributed by atoms with E-state index in [0.717, 1.165) is 76.9 Å². The van der Waals surface area contributed by atoms with Gasteiger partial charge in [-0.1, -0.05) is 34.8 Å². The summed E-state index contributed by atoms with van der Waals surface area (Å²) in [6, 6.07) is 9.46. The molecular weight excluding hydrogens is 559 g/mol. The molecular formula is C29H29Cl3N4O3. The third-order valence-corrected chi connectivity index (χ3v) is 8.56. The fourth-order valence-corrected chi connectivity index (χ4v) is 6.02. The van der Waals surface area contributed by atoms with Crippen molar-refractivity contribution in [2.45, 2.75) is 19.3 Å². The average molecular weight is 588 g/mol. The number of H-pyrrole nitrogens is 2. The minimum atomic E-state index is -1.58. The van der Waals surface area contributed by atoms with Crippen molar-refractivity contribution in [3.63, 3.8) is 0 Å². The average Bonchev–Trinajstić information content (AvgIpc) is 3.63. The van der Waals surface area contributed by atoms with Crippen molar-refractivity contribution in [1.82, 2.24) is 19.4 Å². The van der Waals surface area contributed by atoms with E-state index < -0.39 is 5.79 Å². The molecule has 0 bridgehead atoms. The van der Waals surface area contributed by atoms with Crippen LogP contribution in [0.5, 0.6) is 0 Å². The zero-order valence-electron chi connectivity index (χ0n) is 21.7. The molecule has 1 atom stereocenters. The van der Waals surface area contributed by atoms with Crippen LogP contribution < -0.4 is 0 Å². The maximum atomic E-state index is 11.7. The molecule has 6 rings (SSSR count). The third-order valence-electron chi connectivity index (χ3n) is 7.60. The first-order valence-corrected chi connectivity index (χ1v) is 13.9. The van der Waals surface area contributed by atoms with E-state index in [1.807, 2.05) is 42.7 Å². The minimum absolute atomic E-state index is 0.473. The zero-order chi connectivity index (χ0) is 27.3. The topological polar surface area (TPSA) is 78.4 Å². The Morgan fingerprint density at radius 2 is 1.62 bits per heavy atom. The van der Waals surface area contributed by atoms with Crippen LogP contribution in [0.3, 0.4) is 0 Å². The van der Waals surface area contributed by atoms with Crippen molar-refractivity contribution in [1.29, 1.82) is 0 Å². The number of aliphatic hydroxyl groups is 1. The second kappa shape index (κ2) is 10.5. The highest BCUT2D eigenvalue weighted by Crippen LogP contribution is 2.46. The van der Waals surface area contributed by atoms with E-state index in [2.05, 4.69) is 25.6 Å². The number of nitrogens with one attached hydrogen (secondary N) is 2. The highest BCUT2D eigenvalue weighted by molar-refractivity contribution is 6.43. The fraction of sp³-hybridized carbons (Fsp3) is 0.310. The molecule has 0 saturated carbocycles. The summed E-state index contributed by atoms with van der Waals surface area (Å²) in [4.78, 5) is 9.08. The monoisotopic (exact) mass is 586 g/mol. The van der Waals surface area contributed by atoms with Crippen LogP contribution in [0.15, 0.2) is 48.9 Å². The Hall–Kier alpha value is -2.49. The molecule has 3 aromatic heterocycles. The summed E-state index contributed by atoms with van der Waals surface area (Å²) < 4.78 is 13.3. The van der Waals surface area contributed by atoms with Crippen LogP contribution in [0.4, 0.5) is 0 Å². The Morgan fingerprint density at radius 3 is 2.38 bits per heavy atom. The van der Waals surface area contributed by atoms with Gasteiger partial charge in [0, 0.05) is 101 Å². The van der Waals surface area contributed by atoms with Gasteiger partial charge in [0.05, 0.1) is 29.0 Å². The molecule has 0 spiro atoms. The normalized spacial score (nSPS) is 16.4. The van der Waals surface area contributed by atoms with Gasteiger partial charge < -0.3 is 29.1 Å². The lowest BCUT2D eigenvalue weighted by molar-refractivity contribution is -0.183. The van der Waals surface area contributed by atoms with Gasteiger partial charge in [-0.2, -0.15) is 0 Å². The Bertz CT molecular complexity index is 1660. The number of nitrogens with zero attached hydrogens (tertiary/aromatic N) is 2.